The van der Waals surface area contributed by atoms with Crippen molar-refractivity contribution in [2.75, 3.05) is 6.61 Å². The minimum absolute atomic E-state index is 0.0223. The van der Waals surface area contributed by atoms with Crippen molar-refractivity contribution in [1.29, 1.82) is 0 Å². The molecule has 0 fully saturated rings. The molecule has 0 saturated carbocycles. The molecule has 1 aliphatic carbocycles. The predicted molar refractivity (Wildman–Crippen MR) is 116 cm³/mol. The molecule has 0 amide bonds. The third-order valence-corrected chi connectivity index (χ3v) is 5.25. The van der Waals surface area contributed by atoms with Gasteiger partial charge >= 0.3 is 17.9 Å². The molecule has 0 spiro atoms. The summed E-state index contributed by atoms with van der Waals surface area (Å²) < 4.78 is 10.7. The Kier molecular flexibility index (Phi) is 6.78. The van der Waals surface area contributed by atoms with E-state index in [0.717, 1.165) is 22.3 Å². The molecule has 6 nitrogen and oxygen atoms in total. The SMILES string of the molecule is CC(C)(C)OC(=O)CC[C@@H](CC(=O)OCC1c2ccccc2-c2ccccc21)C(=O)O. The molecular weight excluding hydrogens is 396 g/mol. The lowest BCUT2D eigenvalue weighted by molar-refractivity contribution is -0.157. The zero-order valence-electron chi connectivity index (χ0n) is 18.1. The molecule has 31 heavy (non-hydrogen) atoms. The van der Waals surface area contributed by atoms with Crippen LogP contribution in [0.3, 0.4) is 0 Å². The topological polar surface area (TPSA) is 89.9 Å². The number of aliphatic carboxylic acids is 1. The van der Waals surface area contributed by atoms with E-state index in [0.29, 0.717) is 0 Å². The van der Waals surface area contributed by atoms with Crippen LogP contribution in [0.1, 0.15) is 57.1 Å². The van der Waals surface area contributed by atoms with Crippen LogP contribution < -0.4 is 0 Å². The lowest BCUT2D eigenvalue weighted by Gasteiger charge is -2.20. The summed E-state index contributed by atoms with van der Waals surface area (Å²) in [5.41, 5.74) is 3.80. The molecule has 164 valence electrons. The van der Waals surface area contributed by atoms with Crippen molar-refractivity contribution in [3.8, 4) is 11.1 Å². The summed E-state index contributed by atoms with van der Waals surface area (Å²) in [6, 6.07) is 16.0. The summed E-state index contributed by atoms with van der Waals surface area (Å²) in [5.74, 6) is -3.27. The molecule has 6 heteroatoms. The van der Waals surface area contributed by atoms with Gasteiger partial charge in [0.2, 0.25) is 0 Å². The van der Waals surface area contributed by atoms with Crippen LogP contribution in [-0.2, 0) is 23.9 Å². The van der Waals surface area contributed by atoms with Crippen LogP contribution in [0.15, 0.2) is 48.5 Å². The second-order valence-electron chi connectivity index (χ2n) is 8.77. The highest BCUT2D eigenvalue weighted by Gasteiger charge is 2.30. The molecule has 1 atom stereocenters. The van der Waals surface area contributed by atoms with Gasteiger partial charge in [-0.3, -0.25) is 14.4 Å². The van der Waals surface area contributed by atoms with Gasteiger partial charge in [0.25, 0.3) is 0 Å². The maximum Gasteiger partial charge on any atom is 0.307 e. The monoisotopic (exact) mass is 424 g/mol. The van der Waals surface area contributed by atoms with Crippen LogP contribution in [0.4, 0.5) is 0 Å². The third kappa shape index (κ3) is 5.72. The first kappa shape index (κ1) is 22.5. The second kappa shape index (κ2) is 9.33. The number of esters is 2. The third-order valence-electron chi connectivity index (χ3n) is 5.25. The Hall–Kier alpha value is -3.15. The summed E-state index contributed by atoms with van der Waals surface area (Å²) in [5, 5.41) is 9.45. The Morgan fingerprint density at radius 3 is 2.00 bits per heavy atom. The summed E-state index contributed by atoms with van der Waals surface area (Å²) in [6.07, 6.45) is -0.326. The van der Waals surface area contributed by atoms with Crippen molar-refractivity contribution < 1.29 is 29.0 Å². The minimum Gasteiger partial charge on any atom is -0.481 e. The van der Waals surface area contributed by atoms with Crippen LogP contribution >= 0.6 is 0 Å². The van der Waals surface area contributed by atoms with Gasteiger partial charge < -0.3 is 14.6 Å². The van der Waals surface area contributed by atoms with E-state index < -0.39 is 29.4 Å². The Bertz CT molecular complexity index is 926. The molecule has 0 radical (unpaired) electrons. The smallest absolute Gasteiger partial charge is 0.307 e. The van der Waals surface area contributed by atoms with E-state index in [1.165, 1.54) is 0 Å². The van der Waals surface area contributed by atoms with Crippen LogP contribution in [-0.4, -0.2) is 35.2 Å². The zero-order chi connectivity index (χ0) is 22.6. The largest absolute Gasteiger partial charge is 0.481 e. The summed E-state index contributed by atoms with van der Waals surface area (Å²) in [7, 11) is 0. The van der Waals surface area contributed by atoms with Gasteiger partial charge in [0, 0.05) is 12.3 Å². The average Bonchev–Trinajstić information content (AvgIpc) is 3.02. The van der Waals surface area contributed by atoms with Crippen LogP contribution in [0.5, 0.6) is 0 Å². The standard InChI is InChI=1S/C25H28O6/c1-25(2,3)31-22(26)13-12-16(24(28)29)14-23(27)30-15-21-19-10-6-4-8-17(19)18-9-5-7-11-20(18)21/h4-11,16,21H,12-15H2,1-3H3,(H,28,29)/t16-/m0/s1. The van der Waals surface area contributed by atoms with Gasteiger partial charge in [-0.1, -0.05) is 48.5 Å². The van der Waals surface area contributed by atoms with E-state index in [4.69, 9.17) is 9.47 Å². The van der Waals surface area contributed by atoms with Gasteiger partial charge in [0.1, 0.15) is 12.2 Å². The highest BCUT2D eigenvalue weighted by Crippen LogP contribution is 2.44. The lowest BCUT2D eigenvalue weighted by Crippen LogP contribution is -2.26. The first-order valence-corrected chi connectivity index (χ1v) is 10.4. The van der Waals surface area contributed by atoms with Gasteiger partial charge in [-0.25, -0.2) is 0 Å². The Balaban J connectivity index is 1.59. The Labute approximate surface area is 182 Å². The number of carbonyl (C=O) groups excluding carboxylic acids is 2. The van der Waals surface area contributed by atoms with Crippen molar-refractivity contribution in [2.24, 2.45) is 5.92 Å². The molecule has 0 heterocycles. The molecule has 0 bridgehead atoms. The van der Waals surface area contributed by atoms with Gasteiger partial charge in [-0.2, -0.15) is 0 Å². The number of benzene rings is 2. The number of hydrogen-bond acceptors (Lipinski definition) is 5. The number of rotatable bonds is 8. The Morgan fingerprint density at radius 2 is 1.48 bits per heavy atom. The minimum atomic E-state index is -1.13. The first-order chi connectivity index (χ1) is 14.7. The molecule has 1 aliphatic rings. The second-order valence-corrected chi connectivity index (χ2v) is 8.77. The van der Waals surface area contributed by atoms with Crippen molar-refractivity contribution in [3.05, 3.63) is 59.7 Å². The fourth-order valence-electron chi connectivity index (χ4n) is 3.87. The molecule has 1 N–H and O–H groups in total. The maximum atomic E-state index is 12.4. The van der Waals surface area contributed by atoms with Gasteiger partial charge in [0.05, 0.1) is 12.3 Å². The number of carbonyl (C=O) groups is 3. The van der Waals surface area contributed by atoms with Crippen LogP contribution in [0.25, 0.3) is 11.1 Å². The lowest BCUT2D eigenvalue weighted by atomic mass is 9.97. The molecule has 0 aliphatic heterocycles. The van der Waals surface area contributed by atoms with Gasteiger partial charge in [-0.15, -0.1) is 0 Å². The first-order valence-electron chi connectivity index (χ1n) is 10.4. The Morgan fingerprint density at radius 1 is 0.935 bits per heavy atom. The van der Waals surface area contributed by atoms with E-state index >= 15 is 0 Å². The highest BCUT2D eigenvalue weighted by atomic mass is 16.6. The van der Waals surface area contributed by atoms with Crippen LogP contribution in [0, 0.1) is 5.92 Å². The van der Waals surface area contributed by atoms with Gasteiger partial charge in [0.15, 0.2) is 0 Å². The summed E-state index contributed by atoms with van der Waals surface area (Å²) in [4.78, 5) is 35.8. The van der Waals surface area contributed by atoms with Gasteiger partial charge in [-0.05, 0) is 49.4 Å². The fraction of sp³-hybridized carbons (Fsp3) is 0.400. The number of fused-ring (bicyclic) bond motifs is 3. The molecule has 0 unspecified atom stereocenters. The zero-order valence-corrected chi connectivity index (χ0v) is 18.1. The number of carboxylic acids is 1. The van der Waals surface area contributed by atoms with E-state index in [1.807, 2.05) is 48.5 Å². The predicted octanol–water partition coefficient (Wildman–Crippen LogP) is 4.55. The van der Waals surface area contributed by atoms with Crippen molar-refractivity contribution >= 4 is 17.9 Å². The van der Waals surface area contributed by atoms with Crippen molar-refractivity contribution in [3.63, 3.8) is 0 Å². The summed E-state index contributed by atoms with van der Waals surface area (Å²) in [6.45, 7) is 5.38. The molecule has 3 rings (SSSR count). The molecule has 0 saturated heterocycles. The number of carboxylic acid groups (broad SMARTS) is 1. The fourth-order valence-corrected chi connectivity index (χ4v) is 3.87. The molecule has 0 aromatic heterocycles. The number of ether oxygens (including phenoxy) is 2. The summed E-state index contributed by atoms with van der Waals surface area (Å²) >= 11 is 0. The normalized spacial score (nSPS) is 13.8. The molecule has 2 aromatic carbocycles. The number of hydrogen-bond donors (Lipinski definition) is 1. The molecule has 2 aromatic rings. The highest BCUT2D eigenvalue weighted by molar-refractivity contribution is 5.81. The molecular formula is C25H28O6. The van der Waals surface area contributed by atoms with E-state index in [1.54, 1.807) is 20.8 Å². The van der Waals surface area contributed by atoms with E-state index in [9.17, 15) is 19.5 Å². The van der Waals surface area contributed by atoms with Crippen molar-refractivity contribution in [1.82, 2.24) is 0 Å². The van der Waals surface area contributed by atoms with E-state index in [-0.39, 0.29) is 31.8 Å². The quantitative estimate of drug-likeness (QED) is 0.625. The average molecular weight is 424 g/mol. The maximum absolute atomic E-state index is 12.4. The van der Waals surface area contributed by atoms with Crippen LogP contribution in [0.2, 0.25) is 0 Å². The van der Waals surface area contributed by atoms with E-state index in [2.05, 4.69) is 0 Å². The van der Waals surface area contributed by atoms with Crippen molar-refractivity contribution in [2.45, 2.75) is 51.6 Å².